The smallest absolute Gasteiger partial charge is 0.472 e. The van der Waals surface area contributed by atoms with Gasteiger partial charge in [-0.15, -0.1) is 0 Å². The molecule has 0 spiro atoms. The average molecular weight is 810 g/mol. The lowest BCUT2D eigenvalue weighted by Crippen LogP contribution is -2.34. The minimum Gasteiger partial charge on any atom is -0.480 e. The summed E-state index contributed by atoms with van der Waals surface area (Å²) in [6, 6.07) is -1.53. The largest absolute Gasteiger partial charge is 0.480 e. The topological polar surface area (TPSA) is 172 Å². The van der Waals surface area contributed by atoms with Crippen LogP contribution in [0.5, 0.6) is 0 Å². The van der Waals surface area contributed by atoms with E-state index in [-0.39, 0.29) is 19.4 Å². The van der Waals surface area contributed by atoms with Crippen molar-refractivity contribution in [3.05, 3.63) is 60.8 Å². The highest BCUT2D eigenvalue weighted by Gasteiger charge is 2.28. The number of carboxylic acid groups (broad SMARTS) is 1. The quantitative estimate of drug-likeness (QED) is 0.0233. The minimum atomic E-state index is -4.73. The van der Waals surface area contributed by atoms with Crippen molar-refractivity contribution in [3.8, 4) is 0 Å². The van der Waals surface area contributed by atoms with Crippen LogP contribution in [0, 0.1) is 0 Å². The number of unbranched alkanes of at least 4 members (excludes halogenated alkanes) is 15. The fraction of sp³-hybridized carbons (Fsp3) is 0.705. The van der Waals surface area contributed by atoms with Crippen LogP contribution >= 0.6 is 7.82 Å². The maximum atomic E-state index is 12.6. The van der Waals surface area contributed by atoms with Gasteiger partial charge in [-0.3, -0.25) is 23.4 Å². The molecule has 56 heavy (non-hydrogen) atoms. The number of phosphoric ester groups is 1. The molecule has 0 amide bonds. The fourth-order valence-electron chi connectivity index (χ4n) is 5.34. The second-order valence-corrected chi connectivity index (χ2v) is 15.6. The van der Waals surface area contributed by atoms with Crippen LogP contribution in [0.2, 0.25) is 0 Å². The van der Waals surface area contributed by atoms with E-state index in [4.69, 9.17) is 24.8 Å². The van der Waals surface area contributed by atoms with E-state index in [2.05, 4.69) is 79.1 Å². The summed E-state index contributed by atoms with van der Waals surface area (Å²) in [4.78, 5) is 45.9. The predicted molar refractivity (Wildman–Crippen MR) is 226 cm³/mol. The van der Waals surface area contributed by atoms with Crippen molar-refractivity contribution in [2.24, 2.45) is 5.73 Å². The number of carbonyl (C=O) groups excluding carboxylic acids is 2. The Labute approximate surface area is 338 Å². The zero-order chi connectivity index (χ0) is 41.4. The Bertz CT molecular complexity index is 1180. The summed E-state index contributed by atoms with van der Waals surface area (Å²) in [5.74, 6) is -2.44. The van der Waals surface area contributed by atoms with Gasteiger partial charge in [-0.05, 0) is 77.0 Å². The number of carboxylic acids is 1. The molecule has 0 saturated carbocycles. The summed E-state index contributed by atoms with van der Waals surface area (Å²) in [6.07, 6.45) is 44.2. The first-order valence-corrected chi connectivity index (χ1v) is 22.8. The van der Waals surface area contributed by atoms with Gasteiger partial charge < -0.3 is 25.2 Å². The molecule has 322 valence electrons. The van der Waals surface area contributed by atoms with Gasteiger partial charge in [0.2, 0.25) is 0 Å². The number of rotatable bonds is 39. The molecule has 0 rings (SSSR count). The van der Waals surface area contributed by atoms with E-state index in [1.165, 1.54) is 44.9 Å². The van der Waals surface area contributed by atoms with Gasteiger partial charge >= 0.3 is 25.7 Å². The lowest BCUT2D eigenvalue weighted by Gasteiger charge is -2.20. The van der Waals surface area contributed by atoms with E-state index in [9.17, 15) is 23.8 Å². The second kappa shape index (κ2) is 39.0. The Kier molecular flexibility index (Phi) is 37.1. The standard InChI is InChI=1S/C44H76NO10P/c1-3-5-7-9-11-13-15-17-19-20-22-24-26-28-30-32-34-36-43(47)55-40(38-53-56(50,51)54-39-41(45)44(48)49)37-52-42(46)35-33-31-29-27-25-23-21-18-16-14-12-10-8-6-4-2/h7,9,13,15,18-21,24,26,40-41H,3-6,8,10-12,14,16-17,22-23,25,27-39,45H2,1-2H3,(H,48,49)(H,50,51)/b9-7+,15-13+,20-19+,21-18+,26-24+/t40-,41+/m1/s1. The number of hydrogen-bond donors (Lipinski definition) is 3. The van der Waals surface area contributed by atoms with E-state index in [0.717, 1.165) is 83.5 Å². The number of hydrogen-bond acceptors (Lipinski definition) is 9. The van der Waals surface area contributed by atoms with Gasteiger partial charge in [0.15, 0.2) is 6.10 Å². The molecule has 0 aromatic rings. The number of phosphoric acid groups is 1. The van der Waals surface area contributed by atoms with Gasteiger partial charge in [0.1, 0.15) is 12.6 Å². The van der Waals surface area contributed by atoms with Crippen LogP contribution in [0.4, 0.5) is 0 Å². The van der Waals surface area contributed by atoms with Gasteiger partial charge in [0.05, 0.1) is 13.2 Å². The van der Waals surface area contributed by atoms with Crippen LogP contribution in [0.25, 0.3) is 0 Å². The van der Waals surface area contributed by atoms with Gasteiger partial charge in [-0.1, -0.05) is 139 Å². The van der Waals surface area contributed by atoms with Crippen LogP contribution in [0.3, 0.4) is 0 Å². The number of allylic oxidation sites excluding steroid dienone is 10. The molecule has 0 aliphatic heterocycles. The SMILES string of the molecule is CCC/C=C/C/C=C/C/C=C/C/C=C/CCCCCC(=O)O[C@H](COC(=O)CCCCCCC/C=C/CCCCCCCC)COP(=O)(O)OC[C@H](N)C(=O)O. The zero-order valence-corrected chi connectivity index (χ0v) is 35.6. The summed E-state index contributed by atoms with van der Waals surface area (Å²) >= 11 is 0. The van der Waals surface area contributed by atoms with Crippen molar-refractivity contribution < 1.29 is 47.5 Å². The van der Waals surface area contributed by atoms with Gasteiger partial charge in [-0.25, -0.2) is 4.57 Å². The Balaban J connectivity index is 4.47. The summed E-state index contributed by atoms with van der Waals surface area (Å²) in [5, 5.41) is 8.88. The highest BCUT2D eigenvalue weighted by molar-refractivity contribution is 7.47. The summed E-state index contributed by atoms with van der Waals surface area (Å²) in [5.41, 5.74) is 5.33. The van der Waals surface area contributed by atoms with E-state index in [0.29, 0.717) is 12.8 Å². The molecule has 0 fully saturated rings. The number of aliphatic carboxylic acids is 1. The average Bonchev–Trinajstić information content (AvgIpc) is 3.17. The third-order valence-corrected chi connectivity index (χ3v) is 9.67. The van der Waals surface area contributed by atoms with Crippen molar-refractivity contribution in [1.82, 2.24) is 0 Å². The molecular formula is C44H76NO10P. The van der Waals surface area contributed by atoms with Crippen molar-refractivity contribution in [2.75, 3.05) is 19.8 Å². The normalized spacial score (nSPS) is 14.4. The Morgan fingerprint density at radius 2 is 0.982 bits per heavy atom. The van der Waals surface area contributed by atoms with E-state index in [1.54, 1.807) is 0 Å². The van der Waals surface area contributed by atoms with Crippen LogP contribution in [0.1, 0.15) is 168 Å². The molecule has 0 aromatic heterocycles. The second-order valence-electron chi connectivity index (χ2n) is 14.1. The molecule has 0 aliphatic rings. The van der Waals surface area contributed by atoms with Crippen molar-refractivity contribution >= 4 is 25.7 Å². The first-order valence-electron chi connectivity index (χ1n) is 21.3. The third kappa shape index (κ3) is 38.1. The number of esters is 2. The molecule has 0 aromatic carbocycles. The molecule has 3 atom stereocenters. The summed E-state index contributed by atoms with van der Waals surface area (Å²) in [7, 11) is -4.73. The van der Waals surface area contributed by atoms with Gasteiger partial charge in [0, 0.05) is 12.8 Å². The lowest BCUT2D eigenvalue weighted by atomic mass is 10.1. The fourth-order valence-corrected chi connectivity index (χ4v) is 6.12. The summed E-state index contributed by atoms with van der Waals surface area (Å²) in [6.45, 7) is 2.68. The summed E-state index contributed by atoms with van der Waals surface area (Å²) < 4.78 is 32.6. The third-order valence-electron chi connectivity index (χ3n) is 8.72. The van der Waals surface area contributed by atoms with Gasteiger partial charge in [0.25, 0.3) is 0 Å². The van der Waals surface area contributed by atoms with Crippen LogP contribution in [-0.2, 0) is 37.5 Å². The molecular weight excluding hydrogens is 733 g/mol. The monoisotopic (exact) mass is 810 g/mol. The van der Waals surface area contributed by atoms with Crippen LogP contribution < -0.4 is 5.73 Å². The zero-order valence-electron chi connectivity index (χ0n) is 34.7. The predicted octanol–water partition coefficient (Wildman–Crippen LogP) is 11.2. The number of carbonyl (C=O) groups is 3. The van der Waals surface area contributed by atoms with Gasteiger partial charge in [-0.2, -0.15) is 0 Å². The van der Waals surface area contributed by atoms with E-state index >= 15 is 0 Å². The molecule has 0 bridgehead atoms. The minimum absolute atomic E-state index is 0.120. The van der Waals surface area contributed by atoms with Crippen LogP contribution in [0.15, 0.2) is 60.8 Å². The first-order chi connectivity index (χ1) is 27.1. The van der Waals surface area contributed by atoms with E-state index < -0.39 is 51.1 Å². The lowest BCUT2D eigenvalue weighted by molar-refractivity contribution is -0.161. The Morgan fingerprint density at radius 3 is 1.52 bits per heavy atom. The molecule has 0 radical (unpaired) electrons. The van der Waals surface area contributed by atoms with E-state index in [1.807, 2.05) is 0 Å². The molecule has 11 nitrogen and oxygen atoms in total. The molecule has 0 saturated heterocycles. The highest BCUT2D eigenvalue weighted by atomic mass is 31.2. The Hall–Kier alpha value is -2.82. The maximum absolute atomic E-state index is 12.6. The molecule has 12 heteroatoms. The maximum Gasteiger partial charge on any atom is 0.472 e. The number of ether oxygens (including phenoxy) is 2. The molecule has 0 aliphatic carbocycles. The molecule has 4 N–H and O–H groups in total. The van der Waals surface area contributed by atoms with Crippen molar-refractivity contribution in [2.45, 2.75) is 180 Å². The highest BCUT2D eigenvalue weighted by Crippen LogP contribution is 2.43. The number of nitrogens with two attached hydrogens (primary N) is 1. The van der Waals surface area contributed by atoms with Crippen LogP contribution in [-0.4, -0.2) is 59.9 Å². The van der Waals surface area contributed by atoms with Crippen molar-refractivity contribution in [1.29, 1.82) is 0 Å². The first kappa shape index (κ1) is 53.2. The Morgan fingerprint density at radius 1 is 0.554 bits per heavy atom. The molecule has 0 heterocycles. The molecule has 1 unspecified atom stereocenters. The van der Waals surface area contributed by atoms with Crippen molar-refractivity contribution in [3.63, 3.8) is 0 Å².